The molecule has 2 N–H and O–H groups in total. The largest absolute Gasteiger partial charge is 0.450 e. The zero-order chi connectivity index (χ0) is 18.9. The lowest BCUT2D eigenvalue weighted by Gasteiger charge is -2.39. The Balaban J connectivity index is 1.39. The van der Waals surface area contributed by atoms with E-state index < -0.39 is 0 Å². The summed E-state index contributed by atoms with van der Waals surface area (Å²) in [7, 11) is 0. The van der Waals surface area contributed by atoms with Crippen molar-refractivity contribution in [2.24, 2.45) is 0 Å². The summed E-state index contributed by atoms with van der Waals surface area (Å²) in [6, 6.07) is 16.7. The molecule has 1 unspecified atom stereocenters. The van der Waals surface area contributed by atoms with E-state index in [-0.39, 0.29) is 13.0 Å². The number of aliphatic hydroxyl groups is 1. The Hall–Kier alpha value is -2.77. The van der Waals surface area contributed by atoms with Crippen LogP contribution in [0.3, 0.4) is 0 Å². The molecule has 7 heteroatoms. The summed E-state index contributed by atoms with van der Waals surface area (Å²) in [5.74, 6) is 0.869. The number of nitrogens with one attached hydrogen (secondary N) is 1. The first-order valence-electron chi connectivity index (χ1n) is 9.81. The topological polar surface area (TPSA) is 74.0 Å². The van der Waals surface area contributed by atoms with Gasteiger partial charge in [0.25, 0.3) is 12.4 Å². The van der Waals surface area contributed by atoms with Gasteiger partial charge in [0.15, 0.2) is 5.58 Å². The van der Waals surface area contributed by atoms with Gasteiger partial charge in [0.1, 0.15) is 11.3 Å². The number of ether oxygens (including phenoxy) is 1. The third-order valence-electron chi connectivity index (χ3n) is 5.54. The average Bonchev–Trinajstić information content (AvgIpc) is 3.29. The highest BCUT2D eigenvalue weighted by Crippen LogP contribution is 2.40. The van der Waals surface area contributed by atoms with Gasteiger partial charge in [0.05, 0.1) is 12.3 Å². The van der Waals surface area contributed by atoms with Crippen molar-refractivity contribution in [1.29, 1.82) is 0 Å². The number of hydrogen-bond acceptors (Lipinski definition) is 7. The molecule has 0 aliphatic carbocycles. The number of likely N-dealkylation sites (tertiary alicyclic amines) is 1. The molecule has 7 nitrogen and oxygen atoms in total. The molecule has 28 heavy (non-hydrogen) atoms. The molecule has 2 aromatic carbocycles. The fourth-order valence-electron chi connectivity index (χ4n) is 4.16. The summed E-state index contributed by atoms with van der Waals surface area (Å²) in [6.07, 6.45) is 1.67. The van der Waals surface area contributed by atoms with Crippen LogP contribution >= 0.6 is 0 Å². The van der Waals surface area contributed by atoms with Gasteiger partial charge in [-0.25, -0.2) is 0 Å². The molecule has 3 heterocycles. The van der Waals surface area contributed by atoms with Crippen molar-refractivity contribution in [3.8, 4) is 5.75 Å². The molecule has 0 radical (unpaired) electrons. The molecule has 5 rings (SSSR count). The minimum atomic E-state index is -0.361. The van der Waals surface area contributed by atoms with E-state index in [0.29, 0.717) is 12.1 Å². The number of aliphatic hydroxyl groups excluding tert-OH is 1. The predicted molar refractivity (Wildman–Crippen MR) is 108 cm³/mol. The van der Waals surface area contributed by atoms with Crippen LogP contribution in [-0.4, -0.2) is 53.6 Å². The van der Waals surface area contributed by atoms with Crippen molar-refractivity contribution < 1.29 is 14.3 Å². The van der Waals surface area contributed by atoms with Gasteiger partial charge >= 0.3 is 0 Å². The number of anilines is 2. The van der Waals surface area contributed by atoms with Gasteiger partial charge < -0.3 is 24.1 Å². The first-order chi connectivity index (χ1) is 13.8. The standard InChI is InChI=1S/C21H24N4O3/c26-14-13-24-11-9-15(10-12-24)25-17-6-2-4-8-19(17)28-21(25)23-20-22-16-5-1-3-7-18(16)27-20/h1-8,15,21,26H,9-14H2,(H,22,23). The Morgan fingerprint density at radius 3 is 2.68 bits per heavy atom. The summed E-state index contributed by atoms with van der Waals surface area (Å²) < 4.78 is 12.1. The summed E-state index contributed by atoms with van der Waals surface area (Å²) in [5, 5.41) is 12.5. The lowest BCUT2D eigenvalue weighted by atomic mass is 10.0. The number of β-amino-alcohol motifs (C(OH)–C–C–N with tert-alkyl or cyclic N) is 1. The number of aromatic nitrogens is 1. The van der Waals surface area contributed by atoms with E-state index >= 15 is 0 Å². The molecule has 0 bridgehead atoms. The van der Waals surface area contributed by atoms with Crippen LogP contribution in [0, 0.1) is 0 Å². The minimum absolute atomic E-state index is 0.211. The summed E-state index contributed by atoms with van der Waals surface area (Å²) in [5.41, 5.74) is 2.67. The fourth-order valence-corrected chi connectivity index (χ4v) is 4.16. The van der Waals surface area contributed by atoms with E-state index in [4.69, 9.17) is 9.15 Å². The summed E-state index contributed by atoms with van der Waals surface area (Å²) in [6.45, 7) is 2.89. The van der Waals surface area contributed by atoms with Crippen LogP contribution in [-0.2, 0) is 0 Å². The Labute approximate surface area is 163 Å². The summed E-state index contributed by atoms with van der Waals surface area (Å²) in [4.78, 5) is 9.15. The number of hydrogen-bond donors (Lipinski definition) is 2. The number of benzene rings is 2. The molecule has 1 aromatic heterocycles. The quantitative estimate of drug-likeness (QED) is 0.705. The number of rotatable bonds is 5. The monoisotopic (exact) mass is 380 g/mol. The highest BCUT2D eigenvalue weighted by atomic mass is 16.5. The predicted octanol–water partition coefficient (Wildman–Crippen LogP) is 2.88. The van der Waals surface area contributed by atoms with E-state index in [1.807, 2.05) is 42.5 Å². The van der Waals surface area contributed by atoms with Crippen LogP contribution < -0.4 is 15.0 Å². The molecular formula is C21H24N4O3. The molecular weight excluding hydrogens is 356 g/mol. The number of piperidine rings is 1. The normalized spacial score (nSPS) is 20.3. The number of nitrogens with zero attached hydrogens (tertiary/aromatic N) is 3. The summed E-state index contributed by atoms with van der Waals surface area (Å²) >= 11 is 0. The van der Waals surface area contributed by atoms with E-state index in [1.165, 1.54) is 0 Å². The van der Waals surface area contributed by atoms with Crippen molar-refractivity contribution in [1.82, 2.24) is 9.88 Å². The molecule has 0 amide bonds. The minimum Gasteiger partial charge on any atom is -0.450 e. The van der Waals surface area contributed by atoms with Gasteiger partial charge in [-0.3, -0.25) is 5.32 Å². The smallest absolute Gasteiger partial charge is 0.300 e. The van der Waals surface area contributed by atoms with Gasteiger partial charge in [-0.2, -0.15) is 4.98 Å². The third kappa shape index (κ3) is 3.16. The van der Waals surface area contributed by atoms with Crippen molar-refractivity contribution in [2.45, 2.75) is 25.2 Å². The van der Waals surface area contributed by atoms with Crippen molar-refractivity contribution in [3.63, 3.8) is 0 Å². The second-order valence-electron chi connectivity index (χ2n) is 7.27. The van der Waals surface area contributed by atoms with Crippen molar-refractivity contribution >= 4 is 22.8 Å². The zero-order valence-corrected chi connectivity index (χ0v) is 15.6. The maximum absolute atomic E-state index is 9.19. The highest BCUT2D eigenvalue weighted by molar-refractivity contribution is 5.74. The maximum atomic E-state index is 9.19. The number of oxazole rings is 1. The molecule has 0 spiro atoms. The second kappa shape index (κ2) is 7.33. The molecule has 1 atom stereocenters. The van der Waals surface area contributed by atoms with Crippen molar-refractivity contribution in [2.75, 3.05) is 36.5 Å². The van der Waals surface area contributed by atoms with Crippen LogP contribution in [0.2, 0.25) is 0 Å². The Kier molecular flexibility index (Phi) is 4.54. The fraction of sp³-hybridized carbons (Fsp3) is 0.381. The SMILES string of the molecule is OCCN1CCC(N2c3ccccc3OC2Nc2nc3ccccc3o2)CC1. The van der Waals surface area contributed by atoms with Crippen LogP contribution in [0.25, 0.3) is 11.1 Å². The maximum Gasteiger partial charge on any atom is 0.300 e. The van der Waals surface area contributed by atoms with Crippen LogP contribution in [0.4, 0.5) is 11.7 Å². The van der Waals surface area contributed by atoms with E-state index in [9.17, 15) is 5.11 Å². The first-order valence-corrected chi connectivity index (χ1v) is 9.81. The molecule has 2 aliphatic heterocycles. The van der Waals surface area contributed by atoms with E-state index in [1.54, 1.807) is 0 Å². The van der Waals surface area contributed by atoms with Gasteiger partial charge in [0.2, 0.25) is 0 Å². The van der Waals surface area contributed by atoms with Gasteiger partial charge in [0, 0.05) is 25.7 Å². The molecule has 1 fully saturated rings. The highest BCUT2D eigenvalue weighted by Gasteiger charge is 2.38. The molecule has 3 aromatic rings. The number of fused-ring (bicyclic) bond motifs is 2. The van der Waals surface area contributed by atoms with Crippen LogP contribution in [0.5, 0.6) is 5.75 Å². The van der Waals surface area contributed by atoms with E-state index in [2.05, 4.69) is 26.2 Å². The van der Waals surface area contributed by atoms with Gasteiger partial charge in [-0.15, -0.1) is 0 Å². The average molecular weight is 380 g/mol. The molecule has 0 saturated carbocycles. The van der Waals surface area contributed by atoms with Gasteiger partial charge in [-0.1, -0.05) is 24.3 Å². The zero-order valence-electron chi connectivity index (χ0n) is 15.6. The second-order valence-corrected chi connectivity index (χ2v) is 7.27. The Morgan fingerprint density at radius 2 is 1.86 bits per heavy atom. The lowest BCUT2D eigenvalue weighted by molar-refractivity contribution is 0.151. The lowest BCUT2D eigenvalue weighted by Crippen LogP contribution is -2.51. The van der Waals surface area contributed by atoms with Gasteiger partial charge in [-0.05, 0) is 37.1 Å². The molecule has 2 aliphatic rings. The molecule has 146 valence electrons. The van der Waals surface area contributed by atoms with Crippen LogP contribution in [0.1, 0.15) is 12.8 Å². The van der Waals surface area contributed by atoms with Crippen LogP contribution in [0.15, 0.2) is 52.9 Å². The first kappa shape index (κ1) is 17.3. The third-order valence-corrected chi connectivity index (χ3v) is 5.54. The van der Waals surface area contributed by atoms with E-state index in [0.717, 1.165) is 55.0 Å². The number of para-hydroxylation sites is 4. The van der Waals surface area contributed by atoms with Crippen molar-refractivity contribution in [3.05, 3.63) is 48.5 Å². The Bertz CT molecular complexity index is 918. The molecule has 1 saturated heterocycles. The Morgan fingerprint density at radius 1 is 1.07 bits per heavy atom.